The van der Waals surface area contributed by atoms with E-state index in [1.54, 1.807) is 0 Å². The number of hydrogen-bond donors (Lipinski definition) is 2. The highest BCUT2D eigenvalue weighted by molar-refractivity contribution is 5.14. The molecule has 132 valence electrons. The summed E-state index contributed by atoms with van der Waals surface area (Å²) in [5, 5.41) is 21.5. The van der Waals surface area contributed by atoms with Crippen LogP contribution in [0.2, 0.25) is 0 Å². The van der Waals surface area contributed by atoms with E-state index in [2.05, 4.69) is 20.8 Å². The van der Waals surface area contributed by atoms with Crippen LogP contribution in [0.25, 0.3) is 0 Å². The molecule has 4 aliphatic carbocycles. The van der Waals surface area contributed by atoms with Crippen molar-refractivity contribution < 1.29 is 10.2 Å². The lowest BCUT2D eigenvalue weighted by Gasteiger charge is -2.64. The molecule has 8 atom stereocenters. The van der Waals surface area contributed by atoms with Gasteiger partial charge in [-0.15, -0.1) is 0 Å². The predicted octanol–water partition coefficient (Wildman–Crippen LogP) is 4.53. The SMILES string of the molecule is CC[C@H]1CC[C@H]2[C@@H]3CC[C@@]4(O)C[C@H](O)CC[C@]4(C)[C@H]3CC[C@]12C. The van der Waals surface area contributed by atoms with E-state index in [9.17, 15) is 10.2 Å². The summed E-state index contributed by atoms with van der Waals surface area (Å²) >= 11 is 0. The summed E-state index contributed by atoms with van der Waals surface area (Å²) in [5.74, 6) is 3.32. The average molecular weight is 321 g/mol. The van der Waals surface area contributed by atoms with Crippen LogP contribution in [0.15, 0.2) is 0 Å². The van der Waals surface area contributed by atoms with Crippen molar-refractivity contribution in [3.8, 4) is 0 Å². The van der Waals surface area contributed by atoms with Gasteiger partial charge in [0.25, 0.3) is 0 Å². The summed E-state index contributed by atoms with van der Waals surface area (Å²) < 4.78 is 0. The largest absolute Gasteiger partial charge is 0.393 e. The van der Waals surface area contributed by atoms with Crippen LogP contribution in [0.1, 0.15) is 85.0 Å². The Morgan fingerprint density at radius 1 is 0.913 bits per heavy atom. The minimum absolute atomic E-state index is 0.0424. The molecule has 0 radical (unpaired) electrons. The summed E-state index contributed by atoms with van der Waals surface area (Å²) in [6, 6.07) is 0. The van der Waals surface area contributed by atoms with Crippen LogP contribution in [-0.4, -0.2) is 21.9 Å². The Morgan fingerprint density at radius 3 is 2.43 bits per heavy atom. The maximum atomic E-state index is 11.4. The van der Waals surface area contributed by atoms with Gasteiger partial charge in [0.1, 0.15) is 0 Å². The fourth-order valence-corrected chi connectivity index (χ4v) is 8.01. The van der Waals surface area contributed by atoms with Gasteiger partial charge in [-0.2, -0.15) is 0 Å². The topological polar surface area (TPSA) is 40.5 Å². The molecule has 0 amide bonds. The number of aliphatic hydroxyl groups excluding tert-OH is 1. The van der Waals surface area contributed by atoms with E-state index in [0.29, 0.717) is 17.8 Å². The van der Waals surface area contributed by atoms with Gasteiger partial charge in [0.2, 0.25) is 0 Å². The number of aliphatic hydroxyl groups is 2. The summed E-state index contributed by atoms with van der Waals surface area (Å²) in [5.41, 5.74) is -0.000964. The molecule has 0 aliphatic heterocycles. The van der Waals surface area contributed by atoms with E-state index in [0.717, 1.165) is 37.0 Å². The van der Waals surface area contributed by atoms with Crippen molar-refractivity contribution in [2.24, 2.45) is 34.5 Å². The smallest absolute Gasteiger partial charge is 0.0728 e. The molecule has 0 spiro atoms. The van der Waals surface area contributed by atoms with Crippen molar-refractivity contribution in [3.63, 3.8) is 0 Å². The summed E-state index contributed by atoms with van der Waals surface area (Å²) in [6.45, 7) is 7.33. The first-order valence-electron chi connectivity index (χ1n) is 10.2. The first-order chi connectivity index (χ1) is 10.8. The lowest BCUT2D eigenvalue weighted by Crippen LogP contribution is -2.62. The number of rotatable bonds is 1. The van der Waals surface area contributed by atoms with Crippen molar-refractivity contribution in [1.29, 1.82) is 0 Å². The van der Waals surface area contributed by atoms with Crippen LogP contribution < -0.4 is 0 Å². The Kier molecular flexibility index (Phi) is 3.71. The van der Waals surface area contributed by atoms with Crippen molar-refractivity contribution in [1.82, 2.24) is 0 Å². The van der Waals surface area contributed by atoms with Crippen LogP contribution in [-0.2, 0) is 0 Å². The summed E-state index contributed by atoms with van der Waals surface area (Å²) in [6.07, 6.45) is 11.2. The summed E-state index contributed by atoms with van der Waals surface area (Å²) in [4.78, 5) is 0. The molecule has 4 fully saturated rings. The van der Waals surface area contributed by atoms with Crippen molar-refractivity contribution in [2.75, 3.05) is 0 Å². The van der Waals surface area contributed by atoms with Gasteiger partial charge in [0, 0.05) is 6.42 Å². The quantitative estimate of drug-likeness (QED) is 0.745. The van der Waals surface area contributed by atoms with Gasteiger partial charge < -0.3 is 10.2 Å². The number of hydrogen-bond acceptors (Lipinski definition) is 2. The normalized spacial score (nSPS) is 59.1. The van der Waals surface area contributed by atoms with Crippen LogP contribution >= 0.6 is 0 Å². The Hall–Kier alpha value is -0.0800. The second-order valence-corrected chi connectivity index (χ2v) is 9.99. The molecule has 0 aromatic heterocycles. The zero-order chi connectivity index (χ0) is 16.5. The van der Waals surface area contributed by atoms with Gasteiger partial charge in [-0.1, -0.05) is 27.2 Å². The third-order valence-corrected chi connectivity index (χ3v) is 9.47. The molecule has 0 unspecified atom stereocenters. The molecular weight excluding hydrogens is 284 g/mol. The Labute approximate surface area is 142 Å². The molecule has 4 saturated carbocycles. The third-order valence-electron chi connectivity index (χ3n) is 9.47. The molecule has 0 aromatic carbocycles. The molecule has 0 heterocycles. The zero-order valence-electron chi connectivity index (χ0n) is 15.4. The van der Waals surface area contributed by atoms with E-state index in [4.69, 9.17) is 0 Å². The second-order valence-electron chi connectivity index (χ2n) is 9.99. The van der Waals surface area contributed by atoms with E-state index in [1.807, 2.05) is 0 Å². The van der Waals surface area contributed by atoms with Gasteiger partial charge in [-0.25, -0.2) is 0 Å². The van der Waals surface area contributed by atoms with E-state index in [-0.39, 0.29) is 11.5 Å². The fraction of sp³-hybridized carbons (Fsp3) is 1.00. The van der Waals surface area contributed by atoms with Crippen LogP contribution in [0, 0.1) is 34.5 Å². The van der Waals surface area contributed by atoms with Crippen molar-refractivity contribution in [3.05, 3.63) is 0 Å². The third kappa shape index (κ3) is 2.06. The molecule has 4 rings (SSSR count). The Bertz CT molecular complexity index is 476. The molecule has 4 aliphatic rings. The van der Waals surface area contributed by atoms with Crippen molar-refractivity contribution in [2.45, 2.75) is 96.7 Å². The van der Waals surface area contributed by atoms with Crippen molar-refractivity contribution >= 4 is 0 Å². The monoisotopic (exact) mass is 320 g/mol. The standard InChI is InChI=1S/C21H36O2/c1-4-14-5-6-17-16-8-12-21(23)13-15(22)7-11-20(21,3)18(16)9-10-19(14,17)2/h14-18,22-23H,4-13H2,1-3H3/t14-,15+,16-,17-,18-,19+,20+,21+/m0/s1. The first kappa shape index (κ1) is 16.4. The van der Waals surface area contributed by atoms with Crippen LogP contribution in [0.4, 0.5) is 0 Å². The second kappa shape index (κ2) is 5.21. The fourth-order valence-electron chi connectivity index (χ4n) is 8.01. The summed E-state index contributed by atoms with van der Waals surface area (Å²) in [7, 11) is 0. The maximum Gasteiger partial charge on any atom is 0.0728 e. The highest BCUT2D eigenvalue weighted by Crippen LogP contribution is 2.68. The lowest BCUT2D eigenvalue weighted by atomic mass is 9.43. The highest BCUT2D eigenvalue weighted by Gasteiger charge is 2.64. The zero-order valence-corrected chi connectivity index (χ0v) is 15.4. The van der Waals surface area contributed by atoms with Crippen LogP contribution in [0.3, 0.4) is 0 Å². The predicted molar refractivity (Wildman–Crippen MR) is 93.0 cm³/mol. The molecule has 23 heavy (non-hydrogen) atoms. The highest BCUT2D eigenvalue weighted by atomic mass is 16.3. The molecule has 2 heteroatoms. The van der Waals surface area contributed by atoms with E-state index in [1.165, 1.54) is 38.5 Å². The average Bonchev–Trinajstić information content (AvgIpc) is 2.85. The molecule has 2 N–H and O–H groups in total. The van der Waals surface area contributed by atoms with Crippen LogP contribution in [0.5, 0.6) is 0 Å². The van der Waals surface area contributed by atoms with E-state index >= 15 is 0 Å². The van der Waals surface area contributed by atoms with Gasteiger partial charge >= 0.3 is 0 Å². The lowest BCUT2D eigenvalue weighted by molar-refractivity contribution is -0.219. The minimum atomic E-state index is -0.609. The molecule has 0 bridgehead atoms. The first-order valence-corrected chi connectivity index (χ1v) is 10.2. The van der Waals surface area contributed by atoms with E-state index < -0.39 is 5.60 Å². The van der Waals surface area contributed by atoms with Gasteiger partial charge in [-0.05, 0) is 85.9 Å². The van der Waals surface area contributed by atoms with Gasteiger partial charge in [0.05, 0.1) is 11.7 Å². The molecular formula is C21H36O2. The Morgan fingerprint density at radius 2 is 1.70 bits per heavy atom. The number of fused-ring (bicyclic) bond motifs is 5. The van der Waals surface area contributed by atoms with Gasteiger partial charge in [0.15, 0.2) is 0 Å². The minimum Gasteiger partial charge on any atom is -0.393 e. The Balaban J connectivity index is 1.65. The molecule has 0 aromatic rings. The van der Waals surface area contributed by atoms with Gasteiger partial charge in [-0.3, -0.25) is 0 Å². The maximum absolute atomic E-state index is 11.4. The molecule has 2 nitrogen and oxygen atoms in total. The molecule has 0 saturated heterocycles.